The van der Waals surface area contributed by atoms with E-state index >= 15 is 0 Å². The second-order valence-corrected chi connectivity index (χ2v) is 6.74. The molecule has 1 aromatic rings. The number of hydrogen-bond acceptors (Lipinski definition) is 3. The third-order valence-corrected chi connectivity index (χ3v) is 5.37. The van der Waals surface area contributed by atoms with Gasteiger partial charge in [-0.2, -0.15) is 0 Å². The number of aromatic nitrogens is 1. The summed E-state index contributed by atoms with van der Waals surface area (Å²) >= 11 is 0. The van der Waals surface area contributed by atoms with E-state index in [-0.39, 0.29) is 5.66 Å². The Morgan fingerprint density at radius 3 is 2.90 bits per heavy atom. The molecule has 110 valence electrons. The van der Waals surface area contributed by atoms with Gasteiger partial charge in [-0.25, -0.2) is 0 Å². The molecule has 21 heavy (non-hydrogen) atoms. The van der Waals surface area contributed by atoms with Crippen molar-refractivity contribution in [3.63, 3.8) is 0 Å². The number of allylic oxidation sites excluding steroid dienone is 3. The van der Waals surface area contributed by atoms with Gasteiger partial charge in [-0.3, -0.25) is 9.88 Å². The first kappa shape index (κ1) is 13.2. The lowest BCUT2D eigenvalue weighted by atomic mass is 9.76. The molecule has 1 unspecified atom stereocenters. The molecule has 3 heteroatoms. The van der Waals surface area contributed by atoms with Crippen molar-refractivity contribution in [3.05, 3.63) is 47.3 Å². The Morgan fingerprint density at radius 2 is 2.14 bits per heavy atom. The molecule has 2 bridgehead atoms. The molecule has 2 N–H and O–H groups in total. The van der Waals surface area contributed by atoms with Gasteiger partial charge in [0.05, 0.1) is 11.4 Å². The van der Waals surface area contributed by atoms with E-state index in [1.165, 1.54) is 42.8 Å². The molecule has 3 saturated heterocycles. The molecule has 1 atom stereocenters. The van der Waals surface area contributed by atoms with Crippen LogP contribution in [0.25, 0.3) is 6.08 Å². The van der Waals surface area contributed by atoms with Crippen LogP contribution in [0.4, 0.5) is 0 Å². The third kappa shape index (κ3) is 2.34. The second-order valence-electron chi connectivity index (χ2n) is 6.74. The average molecular weight is 281 g/mol. The fourth-order valence-electron chi connectivity index (χ4n) is 4.22. The van der Waals surface area contributed by atoms with Gasteiger partial charge in [0, 0.05) is 32.1 Å². The van der Waals surface area contributed by atoms with Gasteiger partial charge < -0.3 is 5.73 Å². The molecule has 0 spiro atoms. The summed E-state index contributed by atoms with van der Waals surface area (Å²) in [5.41, 5.74) is 10.5. The topological polar surface area (TPSA) is 42.1 Å². The maximum atomic E-state index is 6.81. The summed E-state index contributed by atoms with van der Waals surface area (Å²) in [6.45, 7) is 2.34. The lowest BCUT2D eigenvalue weighted by molar-refractivity contribution is -0.0257. The molecule has 0 radical (unpaired) electrons. The van der Waals surface area contributed by atoms with Crippen LogP contribution in [0, 0.1) is 5.92 Å². The van der Waals surface area contributed by atoms with Crippen LogP contribution in [0.2, 0.25) is 0 Å². The van der Waals surface area contributed by atoms with Crippen LogP contribution >= 0.6 is 0 Å². The quantitative estimate of drug-likeness (QED) is 0.905. The molecule has 3 nitrogen and oxygen atoms in total. The van der Waals surface area contributed by atoms with Crippen molar-refractivity contribution in [1.82, 2.24) is 9.88 Å². The maximum absolute atomic E-state index is 6.81. The van der Waals surface area contributed by atoms with Gasteiger partial charge in [-0.05, 0) is 42.4 Å². The third-order valence-electron chi connectivity index (χ3n) is 5.37. The molecule has 4 heterocycles. The number of piperidine rings is 3. The van der Waals surface area contributed by atoms with Crippen molar-refractivity contribution in [2.24, 2.45) is 11.7 Å². The smallest absolute Gasteiger partial charge is 0.0731 e. The Bertz CT molecular complexity index is 596. The van der Waals surface area contributed by atoms with Gasteiger partial charge >= 0.3 is 0 Å². The van der Waals surface area contributed by atoms with Gasteiger partial charge in [0.1, 0.15) is 0 Å². The molecule has 0 amide bonds. The number of fused-ring (bicyclic) bond motifs is 4. The highest BCUT2D eigenvalue weighted by Gasteiger charge is 2.43. The predicted molar refractivity (Wildman–Crippen MR) is 85.7 cm³/mol. The van der Waals surface area contributed by atoms with E-state index in [0.29, 0.717) is 0 Å². The van der Waals surface area contributed by atoms with Crippen LogP contribution in [0.1, 0.15) is 36.1 Å². The van der Waals surface area contributed by atoms with Crippen molar-refractivity contribution in [2.75, 3.05) is 13.1 Å². The van der Waals surface area contributed by atoms with Gasteiger partial charge in [0.2, 0.25) is 0 Å². The summed E-state index contributed by atoms with van der Waals surface area (Å²) in [7, 11) is 0. The number of rotatable bonds is 2. The molecule has 1 aliphatic carbocycles. The van der Waals surface area contributed by atoms with Crippen molar-refractivity contribution < 1.29 is 0 Å². The molecule has 4 aliphatic rings. The number of pyridine rings is 1. The Labute approximate surface area is 126 Å². The molecule has 1 aromatic heterocycles. The van der Waals surface area contributed by atoms with Gasteiger partial charge in [-0.15, -0.1) is 0 Å². The molecule has 0 aromatic carbocycles. The highest BCUT2D eigenvalue weighted by molar-refractivity contribution is 5.59. The number of hydrogen-bond donors (Lipinski definition) is 1. The first-order valence-electron chi connectivity index (χ1n) is 8.08. The Hall–Kier alpha value is -1.45. The molecule has 3 fully saturated rings. The standard InChI is InChI=1S/C18H23N3/c19-18(12-14-7-10-21(18)11-8-14)13-15-6-9-20-17-5-3-1-2-4-16(15)17/h1-4,6,9,14H,5,7-8,10-13,19H2. The van der Waals surface area contributed by atoms with E-state index < -0.39 is 0 Å². The highest BCUT2D eigenvalue weighted by atomic mass is 15.3. The van der Waals surface area contributed by atoms with Crippen molar-refractivity contribution >= 4 is 6.08 Å². The molecular weight excluding hydrogens is 258 g/mol. The fourth-order valence-corrected chi connectivity index (χ4v) is 4.22. The summed E-state index contributed by atoms with van der Waals surface area (Å²) in [4.78, 5) is 7.06. The van der Waals surface area contributed by atoms with Gasteiger partial charge in [0.25, 0.3) is 0 Å². The normalized spacial score (nSPS) is 33.8. The van der Waals surface area contributed by atoms with Crippen LogP contribution in [-0.2, 0) is 12.8 Å². The predicted octanol–water partition coefficient (Wildman–Crippen LogP) is 2.52. The molecule has 5 rings (SSSR count). The maximum Gasteiger partial charge on any atom is 0.0731 e. The number of nitrogens with two attached hydrogens (primary N) is 1. The van der Waals surface area contributed by atoms with Crippen molar-refractivity contribution in [3.8, 4) is 0 Å². The SMILES string of the molecule is NC1(Cc2ccnc3c2C=CC=CC3)CC2CCN1CC2. The van der Waals surface area contributed by atoms with E-state index in [4.69, 9.17) is 5.73 Å². The van der Waals surface area contributed by atoms with Crippen LogP contribution < -0.4 is 5.73 Å². The Kier molecular flexibility index (Phi) is 3.20. The summed E-state index contributed by atoms with van der Waals surface area (Å²) in [5.74, 6) is 0.831. The van der Waals surface area contributed by atoms with Crippen LogP contribution in [0.15, 0.2) is 30.5 Å². The Balaban J connectivity index is 1.66. The number of nitrogens with zero attached hydrogens (tertiary/aromatic N) is 2. The summed E-state index contributed by atoms with van der Waals surface area (Å²) < 4.78 is 0. The largest absolute Gasteiger partial charge is 0.313 e. The van der Waals surface area contributed by atoms with Crippen molar-refractivity contribution in [1.29, 1.82) is 0 Å². The van der Waals surface area contributed by atoms with Gasteiger partial charge in [-0.1, -0.05) is 24.3 Å². The minimum atomic E-state index is -0.149. The molecule has 3 aliphatic heterocycles. The van der Waals surface area contributed by atoms with E-state index in [1.807, 2.05) is 6.20 Å². The van der Waals surface area contributed by atoms with E-state index in [0.717, 1.165) is 25.2 Å². The van der Waals surface area contributed by atoms with Crippen molar-refractivity contribution in [2.45, 2.75) is 37.8 Å². The van der Waals surface area contributed by atoms with Crippen LogP contribution in [-0.4, -0.2) is 28.6 Å². The lowest BCUT2D eigenvalue weighted by Gasteiger charge is -2.52. The van der Waals surface area contributed by atoms with Gasteiger partial charge in [0.15, 0.2) is 0 Å². The van der Waals surface area contributed by atoms with E-state index in [1.54, 1.807) is 0 Å². The van der Waals surface area contributed by atoms with Crippen LogP contribution in [0.3, 0.4) is 0 Å². The Morgan fingerprint density at radius 1 is 1.29 bits per heavy atom. The minimum absolute atomic E-state index is 0.149. The summed E-state index contributed by atoms with van der Waals surface area (Å²) in [6.07, 6.45) is 16.2. The second kappa shape index (κ2) is 5.08. The van der Waals surface area contributed by atoms with E-state index in [9.17, 15) is 0 Å². The molecular formula is C18H23N3. The lowest BCUT2D eigenvalue weighted by Crippen LogP contribution is -2.65. The zero-order valence-corrected chi connectivity index (χ0v) is 12.5. The average Bonchev–Trinajstić information content (AvgIpc) is 2.74. The summed E-state index contributed by atoms with van der Waals surface area (Å²) in [6, 6.07) is 2.16. The first-order valence-corrected chi connectivity index (χ1v) is 8.08. The van der Waals surface area contributed by atoms with Crippen LogP contribution in [0.5, 0.6) is 0 Å². The first-order chi connectivity index (χ1) is 10.2. The minimum Gasteiger partial charge on any atom is -0.313 e. The zero-order valence-electron chi connectivity index (χ0n) is 12.5. The molecule has 0 saturated carbocycles. The monoisotopic (exact) mass is 281 g/mol. The summed E-state index contributed by atoms with van der Waals surface area (Å²) in [5, 5.41) is 0. The fraction of sp³-hybridized carbons (Fsp3) is 0.500. The van der Waals surface area contributed by atoms with E-state index in [2.05, 4.69) is 40.3 Å². The zero-order chi connectivity index (χ0) is 14.3. The highest BCUT2D eigenvalue weighted by Crippen LogP contribution is 2.38.